The molecule has 0 aliphatic carbocycles. The molecule has 0 fully saturated rings. The maximum Gasteiger partial charge on any atom is 0.275 e. The van der Waals surface area contributed by atoms with Gasteiger partial charge in [0.2, 0.25) is 0 Å². The number of nitro benzene ring substituents is 1. The Balaban J connectivity index is 2.32. The molecule has 0 aromatic heterocycles. The Kier molecular flexibility index (Phi) is 4.74. The maximum absolute atomic E-state index is 10.8. The lowest BCUT2D eigenvalue weighted by molar-refractivity contribution is -0.385. The second-order valence-corrected chi connectivity index (χ2v) is 5.65. The number of aliphatic hydroxyl groups excluding tert-OH is 1. The molecule has 0 heterocycles. The first-order valence-corrected chi connectivity index (χ1v) is 7.11. The second kappa shape index (κ2) is 6.34. The topological polar surface area (TPSA) is 72.6 Å². The van der Waals surface area contributed by atoms with Gasteiger partial charge in [0.1, 0.15) is 11.5 Å². The monoisotopic (exact) mass is 401 g/mol. The summed E-state index contributed by atoms with van der Waals surface area (Å²) >= 11 is 6.70. The molecule has 0 bridgehead atoms. The van der Waals surface area contributed by atoms with Crippen molar-refractivity contribution < 1.29 is 14.8 Å². The summed E-state index contributed by atoms with van der Waals surface area (Å²) in [6.45, 7) is -0.422. The lowest BCUT2D eigenvalue weighted by Gasteiger charge is -2.09. The third-order valence-corrected chi connectivity index (χ3v) is 3.65. The van der Waals surface area contributed by atoms with Gasteiger partial charge in [-0.3, -0.25) is 10.1 Å². The number of hydrogen-bond donors (Lipinski definition) is 1. The third-order valence-electron chi connectivity index (χ3n) is 2.54. The van der Waals surface area contributed by atoms with Crippen LogP contribution in [-0.4, -0.2) is 10.0 Å². The van der Waals surface area contributed by atoms with Gasteiger partial charge in [-0.05, 0) is 46.3 Å². The van der Waals surface area contributed by atoms with E-state index in [1.807, 2.05) is 12.1 Å². The van der Waals surface area contributed by atoms with Crippen molar-refractivity contribution in [3.63, 3.8) is 0 Å². The van der Waals surface area contributed by atoms with Gasteiger partial charge in [-0.25, -0.2) is 0 Å². The molecule has 5 nitrogen and oxygen atoms in total. The number of nitrogens with zero attached hydrogens (tertiary/aromatic N) is 1. The number of aliphatic hydroxyl groups is 1. The highest BCUT2D eigenvalue weighted by Crippen LogP contribution is 2.33. The Hall–Kier alpha value is -1.44. The Labute approximate surface area is 131 Å². The SMILES string of the molecule is O=[N+]([O-])c1ccc(Oc2ccc(Br)cc2Br)cc1CO. The summed E-state index contributed by atoms with van der Waals surface area (Å²) in [6.07, 6.45) is 0. The number of rotatable bonds is 4. The van der Waals surface area contributed by atoms with Crippen molar-refractivity contribution in [3.8, 4) is 11.5 Å². The molecule has 0 atom stereocenters. The summed E-state index contributed by atoms with van der Waals surface area (Å²) in [5.41, 5.74) is 0.0791. The van der Waals surface area contributed by atoms with Crippen LogP contribution in [0.1, 0.15) is 5.56 Å². The molecule has 0 spiro atoms. The minimum Gasteiger partial charge on any atom is -0.456 e. The Morgan fingerprint density at radius 1 is 1.20 bits per heavy atom. The number of benzene rings is 2. The van der Waals surface area contributed by atoms with E-state index in [0.717, 1.165) is 8.95 Å². The summed E-state index contributed by atoms with van der Waals surface area (Å²) < 4.78 is 7.29. The van der Waals surface area contributed by atoms with Crippen LogP contribution in [0.15, 0.2) is 45.3 Å². The molecule has 2 aromatic carbocycles. The second-order valence-electron chi connectivity index (χ2n) is 3.88. The summed E-state index contributed by atoms with van der Waals surface area (Å²) in [5.74, 6) is 0.994. The fourth-order valence-corrected chi connectivity index (χ4v) is 2.74. The molecule has 0 aliphatic heterocycles. The van der Waals surface area contributed by atoms with Gasteiger partial charge >= 0.3 is 0 Å². The minimum absolute atomic E-state index is 0.130. The zero-order chi connectivity index (χ0) is 14.7. The molecule has 2 aromatic rings. The molecule has 0 amide bonds. The van der Waals surface area contributed by atoms with Crippen LogP contribution in [0.25, 0.3) is 0 Å². The van der Waals surface area contributed by atoms with Crippen LogP contribution in [0.4, 0.5) is 5.69 Å². The largest absolute Gasteiger partial charge is 0.456 e. The van der Waals surface area contributed by atoms with Crippen LogP contribution in [-0.2, 0) is 6.61 Å². The first-order valence-electron chi connectivity index (χ1n) is 5.52. The van der Waals surface area contributed by atoms with E-state index in [0.29, 0.717) is 11.5 Å². The van der Waals surface area contributed by atoms with Crippen molar-refractivity contribution >= 4 is 37.5 Å². The molecule has 7 heteroatoms. The first-order chi connectivity index (χ1) is 9.51. The predicted octanol–water partition coefficient (Wildman–Crippen LogP) is 4.40. The van der Waals surface area contributed by atoms with Crippen LogP contribution in [0.5, 0.6) is 11.5 Å². The van der Waals surface area contributed by atoms with Gasteiger partial charge in [-0.1, -0.05) is 15.9 Å². The Bertz CT molecular complexity index is 661. The highest BCUT2D eigenvalue weighted by molar-refractivity contribution is 9.11. The van der Waals surface area contributed by atoms with Crippen molar-refractivity contribution in [2.24, 2.45) is 0 Å². The average molecular weight is 403 g/mol. The van der Waals surface area contributed by atoms with Gasteiger partial charge in [-0.15, -0.1) is 0 Å². The van der Waals surface area contributed by atoms with Crippen LogP contribution in [0, 0.1) is 10.1 Å². The quantitative estimate of drug-likeness (QED) is 0.607. The van der Waals surface area contributed by atoms with E-state index in [9.17, 15) is 15.2 Å². The Morgan fingerprint density at radius 3 is 2.55 bits per heavy atom. The van der Waals surface area contributed by atoms with Crippen LogP contribution < -0.4 is 4.74 Å². The van der Waals surface area contributed by atoms with Gasteiger partial charge in [-0.2, -0.15) is 0 Å². The van der Waals surface area contributed by atoms with Gasteiger partial charge in [0.15, 0.2) is 0 Å². The van der Waals surface area contributed by atoms with Crippen molar-refractivity contribution in [2.75, 3.05) is 0 Å². The molecule has 0 unspecified atom stereocenters. The molecular formula is C13H9Br2NO4. The predicted molar refractivity (Wildman–Crippen MR) is 80.9 cm³/mol. The first kappa shape index (κ1) is 15.0. The number of halogens is 2. The molecular weight excluding hydrogens is 394 g/mol. The molecule has 20 heavy (non-hydrogen) atoms. The minimum atomic E-state index is -0.537. The van der Waals surface area contributed by atoms with E-state index in [1.165, 1.54) is 18.2 Å². The molecule has 0 aliphatic rings. The molecule has 0 saturated carbocycles. The van der Waals surface area contributed by atoms with E-state index in [2.05, 4.69) is 31.9 Å². The van der Waals surface area contributed by atoms with Crippen molar-refractivity contribution in [1.82, 2.24) is 0 Å². The summed E-state index contributed by atoms with van der Waals surface area (Å²) in [7, 11) is 0. The lowest BCUT2D eigenvalue weighted by atomic mass is 10.2. The van der Waals surface area contributed by atoms with Gasteiger partial charge in [0.25, 0.3) is 5.69 Å². The number of hydrogen-bond acceptors (Lipinski definition) is 4. The van der Waals surface area contributed by atoms with Crippen molar-refractivity contribution in [2.45, 2.75) is 6.61 Å². The fourth-order valence-electron chi connectivity index (χ4n) is 1.62. The summed E-state index contributed by atoms with van der Waals surface area (Å²) in [6, 6.07) is 9.66. The lowest BCUT2D eigenvalue weighted by Crippen LogP contribution is -1.96. The van der Waals surface area contributed by atoms with Crippen LogP contribution >= 0.6 is 31.9 Å². The van der Waals surface area contributed by atoms with E-state index >= 15 is 0 Å². The van der Waals surface area contributed by atoms with E-state index in [4.69, 9.17) is 4.74 Å². The van der Waals surface area contributed by atoms with Gasteiger partial charge in [0, 0.05) is 10.5 Å². The van der Waals surface area contributed by atoms with E-state index in [1.54, 1.807) is 6.07 Å². The molecule has 2 rings (SSSR count). The highest BCUT2D eigenvalue weighted by atomic mass is 79.9. The van der Waals surface area contributed by atoms with Crippen molar-refractivity contribution in [1.29, 1.82) is 0 Å². The Morgan fingerprint density at radius 2 is 1.95 bits per heavy atom. The smallest absolute Gasteiger partial charge is 0.275 e. The molecule has 0 saturated heterocycles. The van der Waals surface area contributed by atoms with Crippen LogP contribution in [0.3, 0.4) is 0 Å². The van der Waals surface area contributed by atoms with E-state index < -0.39 is 11.5 Å². The molecule has 0 radical (unpaired) electrons. The van der Waals surface area contributed by atoms with Crippen LogP contribution in [0.2, 0.25) is 0 Å². The van der Waals surface area contributed by atoms with Gasteiger partial charge in [0.05, 0.1) is 21.6 Å². The summed E-state index contributed by atoms with van der Waals surface area (Å²) in [4.78, 5) is 10.2. The zero-order valence-corrected chi connectivity index (χ0v) is 13.2. The number of ether oxygens (including phenoxy) is 1. The molecule has 1 N–H and O–H groups in total. The normalized spacial score (nSPS) is 10.3. The fraction of sp³-hybridized carbons (Fsp3) is 0.0769. The average Bonchev–Trinajstić information content (AvgIpc) is 2.41. The highest BCUT2D eigenvalue weighted by Gasteiger charge is 2.14. The maximum atomic E-state index is 10.8. The van der Waals surface area contributed by atoms with E-state index in [-0.39, 0.29) is 11.3 Å². The van der Waals surface area contributed by atoms with Gasteiger partial charge < -0.3 is 9.84 Å². The van der Waals surface area contributed by atoms with Crippen molar-refractivity contribution in [3.05, 3.63) is 61.0 Å². The third kappa shape index (κ3) is 3.36. The zero-order valence-electron chi connectivity index (χ0n) is 10.0. The number of nitro groups is 1. The molecule has 104 valence electrons. The standard InChI is InChI=1S/C13H9Br2NO4/c14-9-1-4-13(11(15)6-9)20-10-2-3-12(16(18)19)8(5-10)7-17/h1-6,17H,7H2. The summed E-state index contributed by atoms with van der Waals surface area (Å²) in [5, 5.41) is 20.0.